The summed E-state index contributed by atoms with van der Waals surface area (Å²) in [6, 6.07) is 7.93. The standard InChI is InChI=1S/C26H31N5O4S/c1-30(2)10-5-11-35-24-19(15-29-36(33)34)12-18(14-28-24)17-6-7-21-20(13-17)23-22(16-27-21)31(3)25(32)26(23)8-4-9-26/h6-7,12-14,16,29H,4-5,8-11,15H2,1-3H3,(H,33,34)/p-1. The number of likely N-dealkylation sites (N-methyl/N-ethyl adjacent to an activating group) is 1. The van der Waals surface area contributed by atoms with Crippen LogP contribution in [0.25, 0.3) is 22.0 Å². The number of hydrogen-bond donors (Lipinski definition) is 1. The van der Waals surface area contributed by atoms with Crippen molar-refractivity contribution in [3.05, 3.63) is 47.8 Å². The number of carbonyl (C=O) groups is 1. The number of carbonyl (C=O) groups excluding carboxylic acids is 1. The van der Waals surface area contributed by atoms with Gasteiger partial charge in [-0.2, -0.15) is 0 Å². The Labute approximate surface area is 213 Å². The van der Waals surface area contributed by atoms with Gasteiger partial charge in [-0.1, -0.05) is 12.5 Å². The molecule has 190 valence electrons. The number of rotatable bonds is 9. The maximum Gasteiger partial charge on any atom is 0.237 e. The molecule has 0 saturated heterocycles. The molecule has 36 heavy (non-hydrogen) atoms. The molecule has 1 atom stereocenters. The minimum atomic E-state index is -2.40. The lowest BCUT2D eigenvalue weighted by Crippen LogP contribution is -2.43. The van der Waals surface area contributed by atoms with Crippen LogP contribution in [-0.2, 0) is 28.0 Å². The van der Waals surface area contributed by atoms with Crippen LogP contribution in [0.3, 0.4) is 0 Å². The van der Waals surface area contributed by atoms with Crippen LogP contribution in [0, 0.1) is 0 Å². The van der Waals surface area contributed by atoms with Gasteiger partial charge in [-0.3, -0.25) is 14.0 Å². The third kappa shape index (κ3) is 4.39. The summed E-state index contributed by atoms with van der Waals surface area (Å²) in [5, 5.41) is 0.978. The molecule has 0 radical (unpaired) electrons. The van der Waals surface area contributed by atoms with E-state index in [2.05, 4.69) is 25.7 Å². The molecule has 1 aliphatic carbocycles. The maximum atomic E-state index is 13.1. The van der Waals surface area contributed by atoms with Gasteiger partial charge in [0.25, 0.3) is 0 Å². The number of pyridine rings is 2. The summed E-state index contributed by atoms with van der Waals surface area (Å²) in [6.45, 7) is 1.44. The second-order valence-corrected chi connectivity index (χ2v) is 10.6. The predicted molar refractivity (Wildman–Crippen MR) is 138 cm³/mol. The van der Waals surface area contributed by atoms with Gasteiger partial charge in [0.2, 0.25) is 11.8 Å². The van der Waals surface area contributed by atoms with E-state index < -0.39 is 16.7 Å². The first-order valence-electron chi connectivity index (χ1n) is 12.1. The third-order valence-electron chi connectivity index (χ3n) is 7.24. The van der Waals surface area contributed by atoms with Crippen LogP contribution in [0.2, 0.25) is 0 Å². The van der Waals surface area contributed by atoms with Crippen molar-refractivity contribution in [1.29, 1.82) is 0 Å². The average molecular weight is 509 g/mol. The minimum absolute atomic E-state index is 0.0763. The van der Waals surface area contributed by atoms with E-state index in [0.717, 1.165) is 65.5 Å². The minimum Gasteiger partial charge on any atom is -0.760 e. The van der Waals surface area contributed by atoms with Gasteiger partial charge < -0.3 is 19.1 Å². The zero-order valence-corrected chi connectivity index (χ0v) is 21.6. The number of anilines is 1. The number of aromatic nitrogens is 2. The molecule has 3 heterocycles. The van der Waals surface area contributed by atoms with Crippen LogP contribution < -0.4 is 14.4 Å². The first kappa shape index (κ1) is 24.8. The molecule has 5 rings (SSSR count). The number of fused-ring (bicyclic) bond motifs is 4. The summed E-state index contributed by atoms with van der Waals surface area (Å²) in [6.07, 6.45) is 7.13. The average Bonchev–Trinajstić information content (AvgIpc) is 3.07. The van der Waals surface area contributed by atoms with Gasteiger partial charge in [0, 0.05) is 59.7 Å². The molecular formula is C26H30N5O4S-. The molecule has 2 aromatic heterocycles. The molecule has 1 saturated carbocycles. The maximum absolute atomic E-state index is 13.1. The Morgan fingerprint density at radius 3 is 2.69 bits per heavy atom. The molecule has 3 aromatic rings. The fraction of sp³-hybridized carbons (Fsp3) is 0.423. The SMILES string of the molecule is CN(C)CCCOc1ncc(-c2ccc3ncc4c(c3c2)C2(CCC2)C(=O)N4C)cc1CNS(=O)[O-]. The van der Waals surface area contributed by atoms with Gasteiger partial charge in [0.05, 0.1) is 29.4 Å². The van der Waals surface area contributed by atoms with Gasteiger partial charge in [0.15, 0.2) is 0 Å². The normalized spacial score (nSPS) is 17.0. The summed E-state index contributed by atoms with van der Waals surface area (Å²) in [7, 11) is 5.83. The van der Waals surface area contributed by atoms with Crippen LogP contribution in [0.1, 0.15) is 36.8 Å². The van der Waals surface area contributed by atoms with E-state index in [1.54, 1.807) is 17.3 Å². The topological polar surface area (TPSA) is 111 Å². The first-order chi connectivity index (χ1) is 17.3. The Morgan fingerprint density at radius 2 is 2.00 bits per heavy atom. The largest absolute Gasteiger partial charge is 0.760 e. The van der Waals surface area contributed by atoms with Crippen molar-refractivity contribution in [2.24, 2.45) is 0 Å². The summed E-state index contributed by atoms with van der Waals surface area (Å²) in [5.74, 6) is 0.569. The fourth-order valence-electron chi connectivity index (χ4n) is 5.25. The van der Waals surface area contributed by atoms with Gasteiger partial charge in [0.1, 0.15) is 0 Å². The lowest BCUT2D eigenvalue weighted by atomic mass is 9.64. The number of ether oxygens (including phenoxy) is 1. The first-order valence-corrected chi connectivity index (χ1v) is 13.2. The van der Waals surface area contributed by atoms with E-state index >= 15 is 0 Å². The predicted octanol–water partition coefficient (Wildman–Crippen LogP) is 2.91. The van der Waals surface area contributed by atoms with E-state index in [0.29, 0.717) is 18.1 Å². The van der Waals surface area contributed by atoms with Gasteiger partial charge in [-0.25, -0.2) is 9.71 Å². The Morgan fingerprint density at radius 1 is 1.19 bits per heavy atom. The van der Waals surface area contributed by atoms with Crippen molar-refractivity contribution in [3.63, 3.8) is 0 Å². The lowest BCUT2D eigenvalue weighted by Gasteiger charge is -2.37. The Bertz CT molecular complexity index is 1340. The van der Waals surface area contributed by atoms with Crippen LogP contribution in [0.5, 0.6) is 5.88 Å². The van der Waals surface area contributed by atoms with E-state index in [1.165, 1.54) is 0 Å². The van der Waals surface area contributed by atoms with Crippen molar-refractivity contribution in [3.8, 4) is 17.0 Å². The van der Waals surface area contributed by atoms with Gasteiger partial charge in [-0.15, -0.1) is 0 Å². The van der Waals surface area contributed by atoms with Crippen LogP contribution in [-0.4, -0.2) is 63.8 Å². The molecule has 2 aliphatic rings. The number of nitrogens with zero attached hydrogens (tertiary/aromatic N) is 4. The number of hydrogen-bond acceptors (Lipinski definition) is 7. The smallest absolute Gasteiger partial charge is 0.237 e. The van der Waals surface area contributed by atoms with Gasteiger partial charge >= 0.3 is 0 Å². The molecule has 1 spiro atoms. The zero-order chi connectivity index (χ0) is 25.4. The quantitative estimate of drug-likeness (QED) is 0.349. The van der Waals surface area contributed by atoms with E-state index in [-0.39, 0.29) is 12.5 Å². The van der Waals surface area contributed by atoms with Crippen molar-refractivity contribution >= 4 is 33.8 Å². The molecule has 1 N–H and O–H groups in total. The second-order valence-electron chi connectivity index (χ2n) is 9.80. The highest BCUT2D eigenvalue weighted by Crippen LogP contribution is 2.55. The highest BCUT2D eigenvalue weighted by Gasteiger charge is 2.54. The monoisotopic (exact) mass is 508 g/mol. The fourth-order valence-corrected chi connectivity index (χ4v) is 5.52. The highest BCUT2D eigenvalue weighted by molar-refractivity contribution is 7.77. The Balaban J connectivity index is 1.51. The molecule has 0 bridgehead atoms. The Kier molecular flexibility index (Phi) is 6.78. The van der Waals surface area contributed by atoms with Crippen molar-refractivity contribution in [1.82, 2.24) is 19.6 Å². The third-order valence-corrected chi connectivity index (χ3v) is 7.62. The zero-order valence-electron chi connectivity index (χ0n) is 20.7. The van der Waals surface area contributed by atoms with Crippen molar-refractivity contribution < 1.29 is 18.3 Å². The molecule has 1 aliphatic heterocycles. The van der Waals surface area contributed by atoms with Gasteiger partial charge in [-0.05, 0) is 57.1 Å². The molecule has 1 aromatic carbocycles. The summed E-state index contributed by atoms with van der Waals surface area (Å²) in [4.78, 5) is 26.1. The Hall–Kier alpha value is -2.92. The lowest BCUT2D eigenvalue weighted by molar-refractivity contribution is -0.125. The van der Waals surface area contributed by atoms with Crippen LogP contribution >= 0.6 is 0 Å². The molecule has 10 heteroatoms. The molecular weight excluding hydrogens is 478 g/mol. The van der Waals surface area contributed by atoms with Crippen LogP contribution in [0.15, 0.2) is 36.7 Å². The van der Waals surface area contributed by atoms with E-state index in [9.17, 15) is 13.6 Å². The van der Waals surface area contributed by atoms with Crippen molar-refractivity contribution in [2.75, 3.05) is 39.2 Å². The molecule has 9 nitrogen and oxygen atoms in total. The van der Waals surface area contributed by atoms with E-state index in [1.807, 2.05) is 39.3 Å². The number of benzene rings is 1. The summed E-state index contributed by atoms with van der Waals surface area (Å²) >= 11 is -2.40. The molecule has 1 fully saturated rings. The number of nitrogens with one attached hydrogen (secondary N) is 1. The van der Waals surface area contributed by atoms with E-state index in [4.69, 9.17) is 4.74 Å². The molecule has 1 unspecified atom stereocenters. The second kappa shape index (κ2) is 9.85. The highest BCUT2D eigenvalue weighted by atomic mass is 32.2. The summed E-state index contributed by atoms with van der Waals surface area (Å²) in [5.41, 5.74) is 4.78. The van der Waals surface area contributed by atoms with Crippen molar-refractivity contribution in [2.45, 2.75) is 37.6 Å². The summed E-state index contributed by atoms with van der Waals surface area (Å²) < 4.78 is 30.6. The number of amides is 1. The van der Waals surface area contributed by atoms with Crippen LogP contribution in [0.4, 0.5) is 5.69 Å². The molecule has 1 amide bonds.